The van der Waals surface area contributed by atoms with Crippen molar-refractivity contribution in [1.82, 2.24) is 4.90 Å². The minimum Gasteiger partial charge on any atom is -0.325 e. The molecule has 1 heterocycles. The van der Waals surface area contributed by atoms with Crippen LogP contribution in [0.25, 0.3) is 0 Å². The van der Waals surface area contributed by atoms with E-state index in [1.165, 1.54) is 0 Å². The SMILES string of the molecule is [CH2]N1CCC(C)(N)CC1. The Balaban J connectivity index is 2.35. The standard InChI is InChI=1S/C7H15N2/c1-7(8)3-5-9(2)6-4-7/h2-6,8H2,1H3. The summed E-state index contributed by atoms with van der Waals surface area (Å²) in [6.45, 7) is 4.21. The molecule has 0 aromatic rings. The van der Waals surface area contributed by atoms with Crippen LogP contribution in [0.4, 0.5) is 0 Å². The highest BCUT2D eigenvalue weighted by atomic mass is 15.1. The van der Waals surface area contributed by atoms with Gasteiger partial charge in [0.1, 0.15) is 0 Å². The van der Waals surface area contributed by atoms with Gasteiger partial charge in [-0.05, 0) is 32.9 Å². The quantitative estimate of drug-likeness (QED) is 0.516. The molecule has 1 aliphatic heterocycles. The third kappa shape index (κ3) is 1.95. The molecule has 1 radical (unpaired) electrons. The van der Waals surface area contributed by atoms with Crippen LogP contribution in [0.15, 0.2) is 0 Å². The lowest BCUT2D eigenvalue weighted by molar-refractivity contribution is 0.221. The first-order valence-corrected chi connectivity index (χ1v) is 3.44. The monoisotopic (exact) mass is 127 g/mol. The molecule has 53 valence electrons. The fourth-order valence-electron chi connectivity index (χ4n) is 1.06. The maximum atomic E-state index is 5.89. The zero-order valence-corrected chi connectivity index (χ0v) is 6.06. The van der Waals surface area contributed by atoms with E-state index in [1.807, 2.05) is 0 Å². The van der Waals surface area contributed by atoms with E-state index in [0.717, 1.165) is 25.9 Å². The molecule has 0 amide bonds. The third-order valence-electron chi connectivity index (χ3n) is 2.00. The molecule has 0 aliphatic carbocycles. The fourth-order valence-corrected chi connectivity index (χ4v) is 1.06. The number of hydrogen-bond donors (Lipinski definition) is 1. The van der Waals surface area contributed by atoms with E-state index in [-0.39, 0.29) is 5.54 Å². The molecule has 0 bridgehead atoms. The van der Waals surface area contributed by atoms with Crippen LogP contribution in [0.3, 0.4) is 0 Å². The molecule has 0 aromatic heterocycles. The van der Waals surface area contributed by atoms with Crippen molar-refractivity contribution in [2.45, 2.75) is 25.3 Å². The number of nitrogens with zero attached hydrogens (tertiary/aromatic N) is 1. The fraction of sp³-hybridized carbons (Fsp3) is 0.857. The van der Waals surface area contributed by atoms with Crippen molar-refractivity contribution < 1.29 is 0 Å². The number of piperidine rings is 1. The predicted molar refractivity (Wildman–Crippen MR) is 38.8 cm³/mol. The first-order valence-electron chi connectivity index (χ1n) is 3.44. The van der Waals surface area contributed by atoms with Gasteiger partial charge in [-0.15, -0.1) is 0 Å². The van der Waals surface area contributed by atoms with Crippen molar-refractivity contribution in [2.75, 3.05) is 13.1 Å². The van der Waals surface area contributed by atoms with E-state index in [0.29, 0.717) is 0 Å². The van der Waals surface area contributed by atoms with Crippen molar-refractivity contribution in [3.63, 3.8) is 0 Å². The van der Waals surface area contributed by atoms with E-state index in [2.05, 4.69) is 18.9 Å². The Bertz CT molecular complexity index is 89.1. The molecule has 0 atom stereocenters. The van der Waals surface area contributed by atoms with Crippen LogP contribution >= 0.6 is 0 Å². The first-order chi connectivity index (χ1) is 4.10. The Morgan fingerprint density at radius 1 is 1.44 bits per heavy atom. The van der Waals surface area contributed by atoms with E-state index < -0.39 is 0 Å². The van der Waals surface area contributed by atoms with Crippen LogP contribution < -0.4 is 5.73 Å². The highest BCUT2D eigenvalue weighted by Gasteiger charge is 2.23. The van der Waals surface area contributed by atoms with Crippen molar-refractivity contribution >= 4 is 0 Å². The molecule has 2 nitrogen and oxygen atoms in total. The summed E-state index contributed by atoms with van der Waals surface area (Å²) in [7, 11) is 3.84. The Labute approximate surface area is 57.0 Å². The largest absolute Gasteiger partial charge is 0.325 e. The van der Waals surface area contributed by atoms with Crippen LogP contribution in [0.5, 0.6) is 0 Å². The average Bonchev–Trinajstić information content (AvgIpc) is 1.78. The van der Waals surface area contributed by atoms with Gasteiger partial charge >= 0.3 is 0 Å². The molecule has 0 spiro atoms. The van der Waals surface area contributed by atoms with Crippen molar-refractivity contribution in [1.29, 1.82) is 0 Å². The molecule has 2 N–H and O–H groups in total. The normalized spacial score (nSPS) is 28.3. The molecular formula is C7H15N2. The highest BCUT2D eigenvalue weighted by Crippen LogP contribution is 2.17. The van der Waals surface area contributed by atoms with Crippen LogP contribution in [0, 0.1) is 7.05 Å². The summed E-state index contributed by atoms with van der Waals surface area (Å²) in [5.41, 5.74) is 5.96. The Kier molecular flexibility index (Phi) is 1.78. The second-order valence-corrected chi connectivity index (χ2v) is 3.27. The van der Waals surface area contributed by atoms with Crippen LogP contribution in [0.2, 0.25) is 0 Å². The highest BCUT2D eigenvalue weighted by molar-refractivity contribution is 4.85. The Morgan fingerprint density at radius 2 is 1.89 bits per heavy atom. The van der Waals surface area contributed by atoms with Crippen LogP contribution in [-0.2, 0) is 0 Å². The van der Waals surface area contributed by atoms with Gasteiger partial charge in [-0.3, -0.25) is 0 Å². The maximum Gasteiger partial charge on any atom is 0.0150 e. The van der Waals surface area contributed by atoms with Gasteiger partial charge in [0.05, 0.1) is 0 Å². The van der Waals surface area contributed by atoms with E-state index in [4.69, 9.17) is 5.73 Å². The first kappa shape index (κ1) is 7.03. The second-order valence-electron chi connectivity index (χ2n) is 3.27. The van der Waals surface area contributed by atoms with Crippen LogP contribution in [-0.4, -0.2) is 23.5 Å². The molecule has 9 heavy (non-hydrogen) atoms. The maximum absolute atomic E-state index is 5.89. The molecule has 0 saturated carbocycles. The van der Waals surface area contributed by atoms with E-state index in [9.17, 15) is 0 Å². The summed E-state index contributed by atoms with van der Waals surface area (Å²) in [5.74, 6) is 0. The van der Waals surface area contributed by atoms with Gasteiger partial charge in [0, 0.05) is 12.6 Å². The number of rotatable bonds is 0. The van der Waals surface area contributed by atoms with Gasteiger partial charge < -0.3 is 10.6 Å². The summed E-state index contributed by atoms with van der Waals surface area (Å²) >= 11 is 0. The molecule has 1 saturated heterocycles. The average molecular weight is 127 g/mol. The Hall–Kier alpha value is -0.0800. The van der Waals surface area contributed by atoms with Gasteiger partial charge in [-0.1, -0.05) is 0 Å². The summed E-state index contributed by atoms with van der Waals surface area (Å²) in [6, 6.07) is 0. The Morgan fingerprint density at radius 3 is 2.22 bits per heavy atom. The van der Waals surface area contributed by atoms with Gasteiger partial charge in [0.2, 0.25) is 0 Å². The van der Waals surface area contributed by atoms with Crippen molar-refractivity contribution in [2.24, 2.45) is 5.73 Å². The molecule has 1 aliphatic rings. The lowest BCUT2D eigenvalue weighted by atomic mass is 9.91. The molecule has 2 heteroatoms. The molecule has 0 aromatic carbocycles. The summed E-state index contributed by atoms with van der Waals surface area (Å²) in [5, 5.41) is 0. The smallest absolute Gasteiger partial charge is 0.0150 e. The molecule has 1 fully saturated rings. The van der Waals surface area contributed by atoms with E-state index >= 15 is 0 Å². The van der Waals surface area contributed by atoms with Gasteiger partial charge in [0.25, 0.3) is 0 Å². The van der Waals surface area contributed by atoms with Gasteiger partial charge in [0.15, 0.2) is 0 Å². The molecule has 1 rings (SSSR count). The van der Waals surface area contributed by atoms with Crippen molar-refractivity contribution in [3.05, 3.63) is 7.05 Å². The second kappa shape index (κ2) is 2.27. The zero-order valence-electron chi connectivity index (χ0n) is 6.06. The minimum atomic E-state index is 0.0776. The topological polar surface area (TPSA) is 29.3 Å². The zero-order chi connectivity index (χ0) is 6.91. The third-order valence-corrected chi connectivity index (χ3v) is 2.00. The summed E-state index contributed by atoms with van der Waals surface area (Å²) < 4.78 is 0. The number of likely N-dealkylation sites (tertiary alicyclic amines) is 1. The van der Waals surface area contributed by atoms with Gasteiger partial charge in [-0.2, -0.15) is 0 Å². The van der Waals surface area contributed by atoms with Gasteiger partial charge in [-0.25, -0.2) is 0 Å². The predicted octanol–water partition coefficient (Wildman–Crippen LogP) is 0.591. The minimum absolute atomic E-state index is 0.0776. The lowest BCUT2D eigenvalue weighted by Crippen LogP contribution is -2.46. The number of nitrogens with two attached hydrogens (primary N) is 1. The molecule has 0 unspecified atom stereocenters. The number of hydrogen-bond acceptors (Lipinski definition) is 2. The van der Waals surface area contributed by atoms with E-state index in [1.54, 1.807) is 0 Å². The molecular weight excluding hydrogens is 112 g/mol. The van der Waals surface area contributed by atoms with Crippen LogP contribution in [0.1, 0.15) is 19.8 Å². The summed E-state index contributed by atoms with van der Waals surface area (Å²) in [4.78, 5) is 2.08. The summed E-state index contributed by atoms with van der Waals surface area (Å²) in [6.07, 6.45) is 2.16. The van der Waals surface area contributed by atoms with Crippen molar-refractivity contribution in [3.8, 4) is 0 Å². The lowest BCUT2D eigenvalue weighted by Gasteiger charge is -2.34.